The number of benzene rings is 2. The van der Waals surface area contributed by atoms with Crippen LogP contribution in [0.3, 0.4) is 0 Å². The number of aryl methyl sites for hydroxylation is 2. The second-order valence-corrected chi connectivity index (χ2v) is 7.08. The number of fused-ring (bicyclic) bond motifs is 1. The van der Waals surface area contributed by atoms with Gasteiger partial charge in [0.15, 0.2) is 11.2 Å². The fourth-order valence-electron chi connectivity index (χ4n) is 3.35. The largest absolute Gasteiger partial charge is 0.324 e. The Morgan fingerprint density at radius 1 is 1.07 bits per heavy atom. The molecule has 152 valence electrons. The van der Waals surface area contributed by atoms with Crippen molar-refractivity contribution in [1.29, 1.82) is 0 Å². The first-order chi connectivity index (χ1) is 14.6. The molecule has 1 N–H and O–H groups in total. The van der Waals surface area contributed by atoms with Gasteiger partial charge in [-0.25, -0.2) is 9.67 Å². The third-order valence-corrected chi connectivity index (χ3v) is 5.06. The number of anilines is 1. The number of carbonyl (C=O) groups is 1. The molecule has 0 saturated heterocycles. The van der Waals surface area contributed by atoms with E-state index in [1.165, 1.54) is 10.9 Å². The van der Waals surface area contributed by atoms with Crippen LogP contribution >= 0.6 is 0 Å². The molecule has 0 aliphatic rings. The van der Waals surface area contributed by atoms with Crippen molar-refractivity contribution in [3.63, 3.8) is 0 Å². The van der Waals surface area contributed by atoms with E-state index in [1.54, 1.807) is 4.68 Å². The first-order valence-corrected chi connectivity index (χ1v) is 9.77. The van der Waals surface area contributed by atoms with Crippen LogP contribution in [0, 0.1) is 6.92 Å². The zero-order valence-electron chi connectivity index (χ0n) is 16.9. The van der Waals surface area contributed by atoms with E-state index in [0.717, 1.165) is 28.8 Å². The van der Waals surface area contributed by atoms with Crippen LogP contribution in [0.25, 0.3) is 11.2 Å². The average molecular weight is 402 g/mol. The lowest BCUT2D eigenvalue weighted by Gasteiger charge is -2.10. The van der Waals surface area contributed by atoms with Crippen LogP contribution in [0.4, 0.5) is 5.69 Å². The van der Waals surface area contributed by atoms with Crippen molar-refractivity contribution in [2.24, 2.45) is 0 Å². The van der Waals surface area contributed by atoms with Crippen LogP contribution in [-0.2, 0) is 24.3 Å². The maximum absolute atomic E-state index is 12.8. The minimum Gasteiger partial charge on any atom is -0.324 e. The third-order valence-electron chi connectivity index (χ3n) is 5.06. The molecule has 2 aromatic carbocycles. The van der Waals surface area contributed by atoms with Crippen molar-refractivity contribution in [1.82, 2.24) is 24.5 Å². The Labute approximate surface area is 173 Å². The van der Waals surface area contributed by atoms with E-state index in [4.69, 9.17) is 0 Å². The molecule has 4 aromatic rings. The van der Waals surface area contributed by atoms with Gasteiger partial charge in [0.25, 0.3) is 5.56 Å². The summed E-state index contributed by atoms with van der Waals surface area (Å²) in [5.74, 6) is -0.300. The molecule has 0 unspecified atom stereocenters. The molecule has 0 fully saturated rings. The Morgan fingerprint density at radius 2 is 1.80 bits per heavy atom. The second kappa shape index (κ2) is 8.28. The van der Waals surface area contributed by atoms with Gasteiger partial charge in [0.05, 0.1) is 6.54 Å². The fourth-order valence-corrected chi connectivity index (χ4v) is 3.35. The molecule has 0 aliphatic carbocycles. The van der Waals surface area contributed by atoms with Gasteiger partial charge >= 0.3 is 0 Å². The summed E-state index contributed by atoms with van der Waals surface area (Å²) >= 11 is 0. The lowest BCUT2D eigenvalue weighted by molar-refractivity contribution is -0.116. The Kier molecular flexibility index (Phi) is 5.38. The van der Waals surface area contributed by atoms with E-state index < -0.39 is 5.56 Å². The second-order valence-electron chi connectivity index (χ2n) is 7.08. The highest BCUT2D eigenvalue weighted by molar-refractivity contribution is 5.91. The van der Waals surface area contributed by atoms with E-state index in [2.05, 4.69) is 20.6 Å². The number of amides is 1. The summed E-state index contributed by atoms with van der Waals surface area (Å²) in [6, 6.07) is 15.5. The third kappa shape index (κ3) is 3.84. The highest BCUT2D eigenvalue weighted by Crippen LogP contribution is 2.15. The topological polar surface area (TPSA) is 94.7 Å². The van der Waals surface area contributed by atoms with Crippen LogP contribution in [0.5, 0.6) is 0 Å². The van der Waals surface area contributed by atoms with Crippen molar-refractivity contribution >= 4 is 22.8 Å². The van der Waals surface area contributed by atoms with Crippen LogP contribution in [0.15, 0.2) is 59.7 Å². The molecule has 4 rings (SSSR count). The number of nitrogens with one attached hydrogen (secondary N) is 1. The number of hydrogen-bond donors (Lipinski definition) is 1. The molecule has 0 bridgehead atoms. The molecule has 30 heavy (non-hydrogen) atoms. The van der Waals surface area contributed by atoms with Gasteiger partial charge in [-0.2, -0.15) is 0 Å². The van der Waals surface area contributed by atoms with Crippen molar-refractivity contribution in [2.75, 3.05) is 5.32 Å². The van der Waals surface area contributed by atoms with Gasteiger partial charge in [0.1, 0.15) is 12.9 Å². The van der Waals surface area contributed by atoms with Crippen molar-refractivity contribution in [3.05, 3.63) is 81.9 Å². The Balaban J connectivity index is 1.56. The molecule has 0 radical (unpaired) electrons. The summed E-state index contributed by atoms with van der Waals surface area (Å²) in [6.45, 7) is 4.36. The molecule has 2 heterocycles. The van der Waals surface area contributed by atoms with Crippen LogP contribution in [0.1, 0.15) is 23.6 Å². The first-order valence-electron chi connectivity index (χ1n) is 9.77. The summed E-state index contributed by atoms with van der Waals surface area (Å²) in [7, 11) is 0. The number of para-hydroxylation sites is 1. The van der Waals surface area contributed by atoms with Crippen molar-refractivity contribution in [2.45, 2.75) is 33.4 Å². The first kappa shape index (κ1) is 19.5. The zero-order chi connectivity index (χ0) is 21.1. The van der Waals surface area contributed by atoms with Gasteiger partial charge in [0.2, 0.25) is 5.91 Å². The van der Waals surface area contributed by atoms with E-state index in [0.29, 0.717) is 12.2 Å². The molecule has 8 nitrogen and oxygen atoms in total. The minimum absolute atomic E-state index is 0.146. The Morgan fingerprint density at radius 3 is 2.57 bits per heavy atom. The molecular formula is C22H22N6O2. The lowest BCUT2D eigenvalue weighted by atomic mass is 10.1. The molecule has 0 atom stereocenters. The van der Waals surface area contributed by atoms with Gasteiger partial charge < -0.3 is 5.32 Å². The maximum Gasteiger partial charge on any atom is 0.283 e. The van der Waals surface area contributed by atoms with Crippen LogP contribution in [-0.4, -0.2) is 30.5 Å². The Hall–Kier alpha value is -3.81. The molecule has 2 aromatic heterocycles. The predicted molar refractivity (Wildman–Crippen MR) is 114 cm³/mol. The number of aromatic nitrogens is 5. The normalized spacial score (nSPS) is 11.0. The zero-order valence-corrected chi connectivity index (χ0v) is 16.9. The van der Waals surface area contributed by atoms with Crippen LogP contribution in [0.2, 0.25) is 0 Å². The summed E-state index contributed by atoms with van der Waals surface area (Å²) in [4.78, 5) is 29.6. The van der Waals surface area contributed by atoms with E-state index in [-0.39, 0.29) is 18.0 Å². The quantitative estimate of drug-likeness (QED) is 0.535. The van der Waals surface area contributed by atoms with E-state index >= 15 is 0 Å². The summed E-state index contributed by atoms with van der Waals surface area (Å²) in [5.41, 5.74) is 4.13. The van der Waals surface area contributed by atoms with Gasteiger partial charge in [0, 0.05) is 5.69 Å². The number of rotatable bonds is 6. The van der Waals surface area contributed by atoms with Gasteiger partial charge in [-0.3, -0.25) is 14.2 Å². The standard InChI is InChI=1S/C22H22N6O2/c1-3-16-9-6-7-11-18(16)24-19(29)13-27-14-23-21-20(22(27)30)25-26-28(21)12-17-10-5-4-8-15(17)2/h4-11,14H,3,12-13H2,1-2H3,(H,24,29). The van der Waals surface area contributed by atoms with Gasteiger partial charge in [-0.1, -0.05) is 54.6 Å². The summed E-state index contributed by atoms with van der Waals surface area (Å²) in [6.07, 6.45) is 2.17. The minimum atomic E-state index is -0.394. The molecule has 1 amide bonds. The number of nitrogens with zero attached hydrogens (tertiary/aromatic N) is 5. The lowest BCUT2D eigenvalue weighted by Crippen LogP contribution is -2.28. The fraction of sp³-hybridized carbons (Fsp3) is 0.227. The monoisotopic (exact) mass is 402 g/mol. The van der Waals surface area contributed by atoms with Gasteiger partial charge in [-0.05, 0) is 36.1 Å². The number of carbonyl (C=O) groups excluding carboxylic acids is 1. The molecule has 0 saturated carbocycles. The average Bonchev–Trinajstić information content (AvgIpc) is 3.15. The van der Waals surface area contributed by atoms with Gasteiger partial charge in [-0.15, -0.1) is 5.10 Å². The summed E-state index contributed by atoms with van der Waals surface area (Å²) < 4.78 is 2.85. The molecule has 0 spiro atoms. The number of hydrogen-bond acceptors (Lipinski definition) is 5. The van der Waals surface area contributed by atoms with Crippen LogP contribution < -0.4 is 10.9 Å². The highest BCUT2D eigenvalue weighted by atomic mass is 16.2. The molecule has 0 aliphatic heterocycles. The maximum atomic E-state index is 12.8. The molecule has 8 heteroatoms. The van der Waals surface area contributed by atoms with E-state index in [9.17, 15) is 9.59 Å². The van der Waals surface area contributed by atoms with E-state index in [1.807, 2.05) is 62.4 Å². The summed E-state index contributed by atoms with van der Waals surface area (Å²) in [5, 5.41) is 11.0. The SMILES string of the molecule is CCc1ccccc1NC(=O)Cn1cnc2c(nnn2Cc2ccccc2C)c1=O. The smallest absolute Gasteiger partial charge is 0.283 e. The predicted octanol–water partition coefficient (Wildman–Crippen LogP) is 2.55. The highest BCUT2D eigenvalue weighted by Gasteiger charge is 2.15. The Bertz CT molecular complexity index is 1270. The van der Waals surface area contributed by atoms with Crippen molar-refractivity contribution in [3.8, 4) is 0 Å². The molecular weight excluding hydrogens is 380 g/mol. The van der Waals surface area contributed by atoms with Crippen molar-refractivity contribution < 1.29 is 4.79 Å².